The van der Waals surface area contributed by atoms with Gasteiger partial charge in [-0.25, -0.2) is 8.78 Å². The van der Waals surface area contributed by atoms with E-state index < -0.39 is 41.5 Å². The average molecular weight is 284 g/mol. The van der Waals surface area contributed by atoms with Crippen molar-refractivity contribution in [2.45, 2.75) is 50.0 Å². The molecule has 0 aliphatic heterocycles. The van der Waals surface area contributed by atoms with Gasteiger partial charge in [-0.05, 0) is 25.7 Å². The maximum atomic E-state index is 13.7. The van der Waals surface area contributed by atoms with Gasteiger partial charge < -0.3 is 11.1 Å². The summed E-state index contributed by atoms with van der Waals surface area (Å²) in [5, 5.41) is 11.2. The van der Waals surface area contributed by atoms with Crippen molar-refractivity contribution in [1.29, 1.82) is 5.26 Å². The minimum absolute atomic E-state index is 0.377. The van der Waals surface area contributed by atoms with Crippen LogP contribution in [0.25, 0.3) is 0 Å². The van der Waals surface area contributed by atoms with Gasteiger partial charge in [0.1, 0.15) is 5.54 Å². The van der Waals surface area contributed by atoms with E-state index in [9.17, 15) is 18.4 Å². The number of hydrogen-bond acceptors (Lipinski definition) is 3. The van der Waals surface area contributed by atoms with E-state index in [0.29, 0.717) is 25.7 Å². The predicted octanol–water partition coefficient (Wildman–Crippen LogP) is 1.04. The van der Waals surface area contributed by atoms with Gasteiger partial charge in [-0.2, -0.15) is 5.26 Å². The van der Waals surface area contributed by atoms with Crippen LogP contribution in [0.4, 0.5) is 8.78 Å². The molecule has 2 fully saturated rings. The van der Waals surface area contributed by atoms with Crippen molar-refractivity contribution >= 4 is 11.8 Å². The molecular weight excluding hydrogens is 268 g/mol. The van der Waals surface area contributed by atoms with Crippen molar-refractivity contribution in [2.75, 3.05) is 0 Å². The lowest BCUT2D eigenvalue weighted by Gasteiger charge is -2.20. The van der Waals surface area contributed by atoms with Crippen molar-refractivity contribution in [3.8, 4) is 6.07 Å². The molecule has 3 N–H and O–H groups in total. The zero-order chi connectivity index (χ0) is 15.0. The molecule has 0 unspecified atom stereocenters. The molecule has 7 heteroatoms. The maximum absolute atomic E-state index is 13.7. The van der Waals surface area contributed by atoms with Gasteiger partial charge in [-0.15, -0.1) is 0 Å². The molecule has 0 aromatic heterocycles. The number of alkyl halides is 2. The Kier molecular flexibility index (Phi) is 3.44. The van der Waals surface area contributed by atoms with Crippen LogP contribution in [0.5, 0.6) is 0 Å². The number of amides is 2. The molecule has 0 aromatic carbocycles. The predicted molar refractivity (Wildman–Crippen MR) is 65.1 cm³/mol. The Morgan fingerprint density at radius 3 is 2.35 bits per heavy atom. The van der Waals surface area contributed by atoms with Crippen LogP contribution >= 0.6 is 0 Å². The van der Waals surface area contributed by atoms with E-state index >= 15 is 0 Å². The Bertz CT molecular complexity index is 476. The Morgan fingerprint density at radius 1 is 1.35 bits per heavy atom. The first-order valence-electron chi connectivity index (χ1n) is 6.47. The largest absolute Gasteiger partial charge is 0.369 e. The van der Waals surface area contributed by atoms with Gasteiger partial charge in [-0.1, -0.05) is 0 Å². The van der Waals surface area contributed by atoms with E-state index in [1.54, 1.807) is 0 Å². The number of nitrogens with zero attached hydrogens (tertiary/aromatic N) is 1. The molecule has 0 aromatic rings. The second-order valence-electron chi connectivity index (χ2n) is 5.77. The highest BCUT2D eigenvalue weighted by molar-refractivity contribution is 5.86. The molecule has 0 atom stereocenters. The summed E-state index contributed by atoms with van der Waals surface area (Å²) in [6.45, 7) is 0. The molecule has 0 bridgehead atoms. The molecule has 2 aliphatic carbocycles. The fourth-order valence-electron chi connectivity index (χ4n) is 2.15. The number of nitriles is 1. The number of carbonyl (C=O) groups is 2. The van der Waals surface area contributed by atoms with Gasteiger partial charge in [0, 0.05) is 12.8 Å². The third-order valence-electron chi connectivity index (χ3n) is 3.89. The molecule has 5 nitrogen and oxygen atoms in total. The van der Waals surface area contributed by atoms with E-state index in [1.807, 2.05) is 6.07 Å². The molecule has 2 saturated carbocycles. The van der Waals surface area contributed by atoms with Crippen molar-refractivity contribution in [1.82, 2.24) is 5.32 Å². The van der Waals surface area contributed by atoms with Crippen LogP contribution in [0, 0.1) is 23.2 Å². The lowest BCUT2D eigenvalue weighted by Crippen LogP contribution is -2.37. The highest BCUT2D eigenvalue weighted by Crippen LogP contribution is 2.53. The second kappa shape index (κ2) is 4.69. The van der Waals surface area contributed by atoms with Crippen LogP contribution in [0.3, 0.4) is 0 Å². The summed E-state index contributed by atoms with van der Waals surface area (Å²) in [6, 6.07) is 1.94. The van der Waals surface area contributed by atoms with Crippen LogP contribution in [0.1, 0.15) is 38.5 Å². The Morgan fingerprint density at radius 2 is 1.95 bits per heavy atom. The number of primary amides is 1. The Labute approximate surface area is 115 Å². The normalized spacial score (nSPS) is 21.6. The molecule has 20 heavy (non-hydrogen) atoms. The molecule has 0 heterocycles. The quantitative estimate of drug-likeness (QED) is 0.731. The van der Waals surface area contributed by atoms with E-state index in [2.05, 4.69) is 5.32 Å². The van der Waals surface area contributed by atoms with Crippen LogP contribution < -0.4 is 11.1 Å². The number of nitrogens with two attached hydrogens (primary N) is 1. The van der Waals surface area contributed by atoms with Gasteiger partial charge in [0.25, 0.3) is 0 Å². The standard InChI is InChI=1S/C13H16F2N3O2/c14-13(15,7-11(3-4-11)10(17)20)2-1-9(19)18-12(8-16)5-6-12/h1H,2-7H2,(H2,17,20)(H,18,19). The summed E-state index contributed by atoms with van der Waals surface area (Å²) in [5.41, 5.74) is 3.14. The fraction of sp³-hybridized carbons (Fsp3) is 0.692. The molecule has 2 amide bonds. The van der Waals surface area contributed by atoms with Gasteiger partial charge in [0.2, 0.25) is 17.7 Å². The number of halogens is 2. The molecule has 1 radical (unpaired) electrons. The number of nitrogens with one attached hydrogen (secondary N) is 1. The zero-order valence-corrected chi connectivity index (χ0v) is 10.9. The summed E-state index contributed by atoms with van der Waals surface area (Å²) < 4.78 is 27.5. The Balaban J connectivity index is 1.79. The highest BCUT2D eigenvalue weighted by atomic mass is 19.3. The highest BCUT2D eigenvalue weighted by Gasteiger charge is 2.54. The molecule has 0 saturated heterocycles. The number of rotatable bonds is 7. The minimum atomic E-state index is -3.15. The van der Waals surface area contributed by atoms with Crippen LogP contribution in [-0.4, -0.2) is 23.3 Å². The Hall–Kier alpha value is -1.71. The maximum Gasteiger partial charge on any atom is 0.250 e. The summed E-state index contributed by atoms with van der Waals surface area (Å²) >= 11 is 0. The minimum Gasteiger partial charge on any atom is -0.369 e. The topological polar surface area (TPSA) is 96.0 Å². The zero-order valence-electron chi connectivity index (χ0n) is 10.9. The van der Waals surface area contributed by atoms with Gasteiger partial charge in [0.15, 0.2) is 0 Å². The van der Waals surface area contributed by atoms with Crippen LogP contribution in [-0.2, 0) is 9.59 Å². The van der Waals surface area contributed by atoms with E-state index in [1.165, 1.54) is 0 Å². The first-order valence-corrected chi connectivity index (χ1v) is 6.47. The van der Waals surface area contributed by atoms with E-state index in [4.69, 9.17) is 11.0 Å². The first kappa shape index (κ1) is 14.7. The van der Waals surface area contributed by atoms with Gasteiger partial charge >= 0.3 is 0 Å². The second-order valence-corrected chi connectivity index (χ2v) is 5.77. The molecule has 0 spiro atoms. The van der Waals surface area contributed by atoms with Crippen molar-refractivity contribution in [2.24, 2.45) is 11.1 Å². The molecule has 109 valence electrons. The average Bonchev–Trinajstić information content (AvgIpc) is 3.24. The van der Waals surface area contributed by atoms with E-state index in [-0.39, 0.29) is 0 Å². The lowest BCUT2D eigenvalue weighted by atomic mass is 9.94. The summed E-state index contributed by atoms with van der Waals surface area (Å²) in [6.07, 6.45) is 1.31. The van der Waals surface area contributed by atoms with Crippen LogP contribution in [0.15, 0.2) is 0 Å². The van der Waals surface area contributed by atoms with Crippen molar-refractivity contribution in [3.63, 3.8) is 0 Å². The number of hydrogen-bond donors (Lipinski definition) is 2. The third-order valence-corrected chi connectivity index (χ3v) is 3.89. The molecule has 2 aliphatic rings. The molecule has 2 rings (SSSR count). The SMILES string of the molecule is N#CC1(NC(=O)[CH]CC(F)(F)CC2(C(N)=O)CC2)CC1. The smallest absolute Gasteiger partial charge is 0.250 e. The van der Waals surface area contributed by atoms with Gasteiger partial charge in [0.05, 0.1) is 17.9 Å². The van der Waals surface area contributed by atoms with Gasteiger partial charge in [-0.3, -0.25) is 9.59 Å². The number of carbonyl (C=O) groups excluding carboxylic acids is 2. The lowest BCUT2D eigenvalue weighted by molar-refractivity contribution is -0.127. The fourth-order valence-corrected chi connectivity index (χ4v) is 2.15. The van der Waals surface area contributed by atoms with Crippen LogP contribution in [0.2, 0.25) is 0 Å². The summed E-state index contributed by atoms with van der Waals surface area (Å²) in [7, 11) is 0. The monoisotopic (exact) mass is 284 g/mol. The van der Waals surface area contributed by atoms with E-state index in [0.717, 1.165) is 6.42 Å². The van der Waals surface area contributed by atoms with Crippen molar-refractivity contribution < 1.29 is 18.4 Å². The first-order chi connectivity index (χ1) is 9.23. The summed E-state index contributed by atoms with van der Waals surface area (Å²) in [4.78, 5) is 22.6. The molecular formula is C13H16F2N3O2. The summed E-state index contributed by atoms with van der Waals surface area (Å²) in [5.74, 6) is -4.53. The van der Waals surface area contributed by atoms with Crippen molar-refractivity contribution in [3.05, 3.63) is 6.42 Å². The third kappa shape index (κ3) is 3.24.